The van der Waals surface area contributed by atoms with Crippen LogP contribution >= 0.6 is 0 Å². The Hall–Kier alpha value is -2.73. The molecule has 4 aliphatic rings. The molecule has 6 heteroatoms. The minimum atomic E-state index is -0.240. The van der Waals surface area contributed by atoms with E-state index in [1.165, 1.54) is 18.4 Å². The van der Waals surface area contributed by atoms with E-state index in [2.05, 4.69) is 17.0 Å². The first-order valence-corrected chi connectivity index (χ1v) is 12.2. The summed E-state index contributed by atoms with van der Waals surface area (Å²) in [5, 5.41) is 10.7. The van der Waals surface area contributed by atoms with Gasteiger partial charge in [0.1, 0.15) is 5.75 Å². The summed E-state index contributed by atoms with van der Waals surface area (Å²) >= 11 is 0. The van der Waals surface area contributed by atoms with Crippen molar-refractivity contribution in [2.45, 2.75) is 44.6 Å². The number of esters is 1. The number of carbonyl (C=O) groups excluding carboxylic acids is 1. The Morgan fingerprint density at radius 2 is 1.85 bits per heavy atom. The lowest BCUT2D eigenvalue weighted by Gasteiger charge is -2.19. The molecule has 6 rings (SSSR count). The van der Waals surface area contributed by atoms with Crippen molar-refractivity contribution in [1.29, 1.82) is 0 Å². The van der Waals surface area contributed by atoms with Crippen LogP contribution in [0, 0.1) is 17.8 Å². The molecule has 2 aromatic rings. The van der Waals surface area contributed by atoms with Gasteiger partial charge in [0.2, 0.25) is 6.79 Å². The average molecular weight is 450 g/mol. The maximum absolute atomic E-state index is 12.5. The van der Waals surface area contributed by atoms with Crippen LogP contribution in [0.15, 0.2) is 36.4 Å². The number of aromatic hydroxyl groups is 1. The Morgan fingerprint density at radius 1 is 1.06 bits per heavy atom. The highest BCUT2D eigenvalue weighted by Gasteiger charge is 2.55. The van der Waals surface area contributed by atoms with E-state index in [0.717, 1.165) is 49.5 Å². The van der Waals surface area contributed by atoms with Gasteiger partial charge >= 0.3 is 5.97 Å². The van der Waals surface area contributed by atoms with Crippen LogP contribution in [-0.2, 0) is 22.5 Å². The number of hydrogen-bond acceptors (Lipinski definition) is 6. The molecule has 2 unspecified atom stereocenters. The second kappa shape index (κ2) is 8.56. The summed E-state index contributed by atoms with van der Waals surface area (Å²) in [5.74, 6) is 3.84. The monoisotopic (exact) mass is 449 g/mol. The van der Waals surface area contributed by atoms with E-state index in [-0.39, 0.29) is 12.4 Å². The molecule has 2 aromatic carbocycles. The third kappa shape index (κ3) is 4.17. The van der Waals surface area contributed by atoms with Gasteiger partial charge in [-0.05, 0) is 53.9 Å². The SMILES string of the molecule is O=C(Cc1cccc(C2CCCC2)c1O)OCC1C2CN(Cc3ccc4c(c3)OCO4)CC12. The summed E-state index contributed by atoms with van der Waals surface area (Å²) < 4.78 is 16.5. The minimum absolute atomic E-state index is 0.144. The fourth-order valence-electron chi connectivity index (χ4n) is 6.13. The van der Waals surface area contributed by atoms with Gasteiger partial charge in [0.15, 0.2) is 11.5 Å². The maximum atomic E-state index is 12.5. The first-order chi connectivity index (χ1) is 16.2. The lowest BCUT2D eigenvalue weighted by atomic mass is 9.94. The fourth-order valence-corrected chi connectivity index (χ4v) is 6.13. The molecule has 0 bridgehead atoms. The third-order valence-corrected chi connectivity index (χ3v) is 8.01. The largest absolute Gasteiger partial charge is 0.507 e. The van der Waals surface area contributed by atoms with Crippen molar-refractivity contribution < 1.29 is 24.1 Å². The molecular formula is C27H31NO5. The summed E-state index contributed by atoms with van der Waals surface area (Å²) in [6.07, 6.45) is 4.82. The van der Waals surface area contributed by atoms with E-state index >= 15 is 0 Å². The van der Waals surface area contributed by atoms with E-state index in [4.69, 9.17) is 14.2 Å². The zero-order valence-electron chi connectivity index (χ0n) is 18.9. The summed E-state index contributed by atoms with van der Waals surface area (Å²) in [5.41, 5.74) is 2.93. The molecule has 3 fully saturated rings. The number of ether oxygens (including phenoxy) is 3. The number of carbonyl (C=O) groups is 1. The van der Waals surface area contributed by atoms with Gasteiger partial charge in [-0.3, -0.25) is 9.69 Å². The number of rotatable bonds is 7. The van der Waals surface area contributed by atoms with Gasteiger partial charge in [-0.2, -0.15) is 0 Å². The zero-order chi connectivity index (χ0) is 22.4. The van der Waals surface area contributed by atoms with Gasteiger partial charge in [-0.25, -0.2) is 0 Å². The van der Waals surface area contributed by atoms with Gasteiger partial charge in [-0.1, -0.05) is 37.1 Å². The molecule has 0 radical (unpaired) electrons. The van der Waals surface area contributed by atoms with Crippen LogP contribution < -0.4 is 9.47 Å². The number of para-hydroxylation sites is 1. The molecule has 2 saturated carbocycles. The Morgan fingerprint density at radius 3 is 2.67 bits per heavy atom. The van der Waals surface area contributed by atoms with Gasteiger partial charge in [0, 0.05) is 31.1 Å². The first-order valence-electron chi connectivity index (χ1n) is 12.2. The van der Waals surface area contributed by atoms with Crippen LogP contribution in [0.5, 0.6) is 17.2 Å². The highest BCUT2D eigenvalue weighted by atomic mass is 16.7. The van der Waals surface area contributed by atoms with Crippen molar-refractivity contribution in [3.63, 3.8) is 0 Å². The zero-order valence-corrected chi connectivity index (χ0v) is 18.9. The molecule has 2 aliphatic heterocycles. The fraction of sp³-hybridized carbons (Fsp3) is 0.519. The first kappa shape index (κ1) is 20.8. The third-order valence-electron chi connectivity index (χ3n) is 8.01. The van der Waals surface area contributed by atoms with Crippen LogP contribution in [-0.4, -0.2) is 42.5 Å². The topological polar surface area (TPSA) is 68.2 Å². The van der Waals surface area contributed by atoms with E-state index in [1.54, 1.807) is 0 Å². The predicted molar refractivity (Wildman–Crippen MR) is 122 cm³/mol. The van der Waals surface area contributed by atoms with Gasteiger partial charge < -0.3 is 19.3 Å². The van der Waals surface area contributed by atoms with Crippen molar-refractivity contribution in [3.8, 4) is 17.2 Å². The summed E-state index contributed by atoms with van der Waals surface area (Å²) in [4.78, 5) is 15.0. The van der Waals surface area contributed by atoms with Crippen molar-refractivity contribution in [2.75, 3.05) is 26.5 Å². The number of benzene rings is 2. The molecular weight excluding hydrogens is 418 g/mol. The van der Waals surface area contributed by atoms with Crippen LogP contribution in [0.25, 0.3) is 0 Å². The van der Waals surface area contributed by atoms with Gasteiger partial charge in [-0.15, -0.1) is 0 Å². The molecule has 0 aromatic heterocycles. The predicted octanol–water partition coefficient (Wildman–Crippen LogP) is 4.24. The molecule has 33 heavy (non-hydrogen) atoms. The highest BCUT2D eigenvalue weighted by molar-refractivity contribution is 5.74. The smallest absolute Gasteiger partial charge is 0.310 e. The molecule has 0 spiro atoms. The number of hydrogen-bond donors (Lipinski definition) is 1. The molecule has 6 nitrogen and oxygen atoms in total. The molecule has 2 heterocycles. The molecule has 2 aliphatic carbocycles. The number of phenols is 1. The Labute approximate surface area is 194 Å². The Kier molecular flexibility index (Phi) is 5.41. The quantitative estimate of drug-likeness (QED) is 0.638. The summed E-state index contributed by atoms with van der Waals surface area (Å²) in [7, 11) is 0. The van der Waals surface area contributed by atoms with Crippen molar-refractivity contribution >= 4 is 5.97 Å². The number of nitrogens with zero attached hydrogens (tertiary/aromatic N) is 1. The molecule has 1 N–H and O–H groups in total. The average Bonchev–Trinajstić information content (AvgIpc) is 3.34. The second-order valence-corrected chi connectivity index (χ2v) is 10.1. The van der Waals surface area contributed by atoms with Crippen LogP contribution in [0.3, 0.4) is 0 Å². The molecule has 174 valence electrons. The lowest BCUT2D eigenvalue weighted by molar-refractivity contribution is -0.143. The molecule has 1 saturated heterocycles. The number of phenolic OH excluding ortho intramolecular Hbond substituents is 1. The van der Waals surface area contributed by atoms with Crippen molar-refractivity contribution in [1.82, 2.24) is 4.90 Å². The Bertz CT molecular complexity index is 1030. The van der Waals surface area contributed by atoms with Crippen molar-refractivity contribution in [3.05, 3.63) is 53.1 Å². The number of fused-ring (bicyclic) bond motifs is 2. The number of piperidine rings is 1. The number of likely N-dealkylation sites (tertiary alicyclic amines) is 1. The summed E-state index contributed by atoms with van der Waals surface area (Å²) in [6, 6.07) is 12.0. The highest BCUT2D eigenvalue weighted by Crippen LogP contribution is 2.52. The molecule has 2 atom stereocenters. The second-order valence-electron chi connectivity index (χ2n) is 10.1. The van der Waals surface area contributed by atoms with E-state index in [0.29, 0.717) is 48.4 Å². The maximum Gasteiger partial charge on any atom is 0.310 e. The lowest BCUT2D eigenvalue weighted by Crippen LogP contribution is -2.25. The normalized spacial score (nSPS) is 25.9. The van der Waals surface area contributed by atoms with Crippen molar-refractivity contribution in [2.24, 2.45) is 17.8 Å². The van der Waals surface area contributed by atoms with Crippen LogP contribution in [0.1, 0.15) is 48.3 Å². The Balaban J connectivity index is 0.967. The van der Waals surface area contributed by atoms with E-state index < -0.39 is 0 Å². The van der Waals surface area contributed by atoms with Gasteiger partial charge in [0.05, 0.1) is 13.0 Å². The van der Waals surface area contributed by atoms with E-state index in [1.807, 2.05) is 24.3 Å². The van der Waals surface area contributed by atoms with E-state index in [9.17, 15) is 9.90 Å². The van der Waals surface area contributed by atoms with Crippen LogP contribution in [0.2, 0.25) is 0 Å². The summed E-state index contributed by atoms with van der Waals surface area (Å²) in [6.45, 7) is 3.80. The van der Waals surface area contributed by atoms with Crippen LogP contribution in [0.4, 0.5) is 0 Å². The standard InChI is InChI=1S/C27H31NO5/c29-26(11-19-6-3-7-20(27(19)30)18-4-1-2-5-18)31-15-23-21-13-28(14-22(21)23)12-17-8-9-24-25(10-17)33-16-32-24/h3,6-10,18,21-23,30H,1-2,4-5,11-16H2. The molecule has 0 amide bonds. The minimum Gasteiger partial charge on any atom is -0.507 e. The van der Waals surface area contributed by atoms with Gasteiger partial charge in [0.25, 0.3) is 0 Å².